The van der Waals surface area contributed by atoms with Gasteiger partial charge in [-0.3, -0.25) is 9.59 Å². The van der Waals surface area contributed by atoms with Crippen molar-refractivity contribution in [1.29, 1.82) is 0 Å². The van der Waals surface area contributed by atoms with Gasteiger partial charge in [0.1, 0.15) is 12.6 Å². The fraction of sp³-hybridized carbons (Fsp3) is 0.600. The van der Waals surface area contributed by atoms with E-state index in [1.54, 1.807) is 6.92 Å². The predicted molar refractivity (Wildman–Crippen MR) is 61.5 cm³/mol. The zero-order valence-corrected chi connectivity index (χ0v) is 10.6. The summed E-state index contributed by atoms with van der Waals surface area (Å²) >= 11 is 0. The Morgan fingerprint density at radius 3 is 2.26 bits per heavy atom. The number of carboxylic acid groups (broad SMARTS) is 2. The highest BCUT2D eigenvalue weighted by molar-refractivity contribution is 5.87. The number of nitrogens with zero attached hydrogens (tertiary/aromatic N) is 1. The van der Waals surface area contributed by atoms with Gasteiger partial charge in [-0.15, -0.1) is 0 Å². The maximum absolute atomic E-state index is 11.5. The van der Waals surface area contributed by atoms with Crippen molar-refractivity contribution in [2.24, 2.45) is 0 Å². The van der Waals surface area contributed by atoms with Gasteiger partial charge >= 0.3 is 23.9 Å². The molecule has 0 bridgehead atoms. The number of ether oxygens (including phenoxy) is 1. The molecule has 0 fully saturated rings. The lowest BCUT2D eigenvalue weighted by molar-refractivity contribution is -0.145. The van der Waals surface area contributed by atoms with Crippen LogP contribution in [0, 0.1) is 0 Å². The van der Waals surface area contributed by atoms with Gasteiger partial charge in [0, 0.05) is 7.05 Å². The molecule has 0 aliphatic carbocycles. The summed E-state index contributed by atoms with van der Waals surface area (Å²) in [5, 5.41) is 19.2. The topological polar surface area (TPSA) is 133 Å². The zero-order chi connectivity index (χ0) is 15.0. The van der Waals surface area contributed by atoms with E-state index in [2.05, 4.69) is 4.74 Å². The highest BCUT2D eigenvalue weighted by Gasteiger charge is 2.25. The first-order valence-corrected chi connectivity index (χ1v) is 5.39. The smallest absolute Gasteiger partial charge is 0.326 e. The van der Waals surface area contributed by atoms with E-state index in [1.165, 1.54) is 7.05 Å². The lowest BCUT2D eigenvalue weighted by Crippen LogP contribution is -2.48. The van der Waals surface area contributed by atoms with Crippen LogP contribution in [0.4, 0.5) is 4.79 Å². The van der Waals surface area contributed by atoms with Crippen LogP contribution in [-0.2, 0) is 19.1 Å². The van der Waals surface area contributed by atoms with E-state index in [0.717, 1.165) is 4.90 Å². The predicted octanol–water partition coefficient (Wildman–Crippen LogP) is -0.881. The summed E-state index contributed by atoms with van der Waals surface area (Å²) in [7, 11) is 1.26. The van der Waals surface area contributed by atoms with Gasteiger partial charge in [0.25, 0.3) is 0 Å². The summed E-state index contributed by atoms with van der Waals surface area (Å²) in [6, 6.07) is -2.43. The second kappa shape index (κ2) is 7.90. The number of carboxylic acids is 2. The molecule has 108 valence electrons. The number of urea groups is 1. The molecule has 2 amide bonds. The van der Waals surface area contributed by atoms with Crippen LogP contribution >= 0.6 is 0 Å². The van der Waals surface area contributed by atoms with Crippen LogP contribution in [-0.4, -0.2) is 65.3 Å². The van der Waals surface area contributed by atoms with Crippen molar-refractivity contribution in [2.45, 2.75) is 19.4 Å². The fourth-order valence-corrected chi connectivity index (χ4v) is 1.11. The average molecular weight is 276 g/mol. The number of carbonyl (C=O) groups is 4. The molecule has 0 spiro atoms. The van der Waals surface area contributed by atoms with E-state index >= 15 is 0 Å². The minimum Gasteiger partial charge on any atom is -0.481 e. The van der Waals surface area contributed by atoms with Gasteiger partial charge in [-0.1, -0.05) is 0 Å². The van der Waals surface area contributed by atoms with Crippen LogP contribution in [0.5, 0.6) is 0 Å². The molecule has 0 unspecified atom stereocenters. The second-order valence-corrected chi connectivity index (χ2v) is 3.60. The van der Waals surface area contributed by atoms with Gasteiger partial charge in [0.15, 0.2) is 0 Å². The van der Waals surface area contributed by atoms with Gasteiger partial charge in [-0.25, -0.2) is 9.59 Å². The molecule has 0 rings (SSSR count). The Morgan fingerprint density at radius 2 is 1.84 bits per heavy atom. The minimum atomic E-state index is -1.56. The Labute approximate surface area is 109 Å². The first-order valence-electron chi connectivity index (χ1n) is 5.39. The maximum Gasteiger partial charge on any atom is 0.326 e. The van der Waals surface area contributed by atoms with Crippen molar-refractivity contribution >= 4 is 23.9 Å². The van der Waals surface area contributed by atoms with Crippen LogP contribution < -0.4 is 5.32 Å². The third kappa shape index (κ3) is 6.86. The molecule has 19 heavy (non-hydrogen) atoms. The van der Waals surface area contributed by atoms with E-state index < -0.39 is 36.4 Å². The number of amides is 2. The number of carbonyl (C=O) groups excluding carboxylic acids is 2. The normalized spacial score (nSPS) is 11.3. The standard InChI is InChI=1S/C10H16N2O7/c1-3-19-8(15)5-12(2)10(18)11-6(9(16)17)4-7(13)14/h6H,3-5H2,1-2H3,(H,11,18)(H,13,14)(H,16,17)/t6-/m1/s1. The summed E-state index contributed by atoms with van der Waals surface area (Å²) in [5.74, 6) is -3.48. The Kier molecular flexibility index (Phi) is 6.94. The van der Waals surface area contributed by atoms with Crippen LogP contribution in [0.2, 0.25) is 0 Å². The van der Waals surface area contributed by atoms with Crippen LogP contribution in [0.25, 0.3) is 0 Å². The number of esters is 1. The Morgan fingerprint density at radius 1 is 1.26 bits per heavy atom. The second-order valence-electron chi connectivity index (χ2n) is 3.60. The molecule has 1 atom stereocenters. The minimum absolute atomic E-state index is 0.158. The van der Waals surface area contributed by atoms with E-state index in [4.69, 9.17) is 10.2 Å². The average Bonchev–Trinajstić information content (AvgIpc) is 2.27. The van der Waals surface area contributed by atoms with Crippen LogP contribution in [0.3, 0.4) is 0 Å². The van der Waals surface area contributed by atoms with Crippen LogP contribution in [0.1, 0.15) is 13.3 Å². The zero-order valence-electron chi connectivity index (χ0n) is 10.6. The molecule has 0 aliphatic heterocycles. The van der Waals surface area contributed by atoms with E-state index in [-0.39, 0.29) is 13.2 Å². The molecule has 0 heterocycles. The van der Waals surface area contributed by atoms with Gasteiger partial charge in [-0.05, 0) is 6.92 Å². The lowest BCUT2D eigenvalue weighted by Gasteiger charge is -2.19. The number of hydrogen-bond acceptors (Lipinski definition) is 5. The van der Waals surface area contributed by atoms with Gasteiger partial charge in [0.2, 0.25) is 0 Å². The third-order valence-electron chi connectivity index (χ3n) is 1.99. The van der Waals surface area contributed by atoms with Crippen molar-refractivity contribution in [1.82, 2.24) is 10.2 Å². The van der Waals surface area contributed by atoms with E-state index in [9.17, 15) is 19.2 Å². The molecule has 0 aliphatic rings. The maximum atomic E-state index is 11.5. The van der Waals surface area contributed by atoms with Gasteiger partial charge < -0.3 is 25.2 Å². The fourth-order valence-electron chi connectivity index (χ4n) is 1.11. The lowest BCUT2D eigenvalue weighted by atomic mass is 10.2. The molecule has 0 aromatic carbocycles. The Bertz CT molecular complexity index is 369. The Hall–Kier alpha value is -2.32. The molecule has 9 heteroatoms. The Balaban J connectivity index is 4.42. The molecule has 9 nitrogen and oxygen atoms in total. The number of hydrogen-bond donors (Lipinski definition) is 3. The highest BCUT2D eigenvalue weighted by Crippen LogP contribution is 1.96. The molecule has 0 aromatic rings. The van der Waals surface area contributed by atoms with E-state index in [0.29, 0.717) is 0 Å². The largest absolute Gasteiger partial charge is 0.481 e. The molecule has 0 saturated carbocycles. The van der Waals surface area contributed by atoms with Crippen molar-refractivity contribution in [2.75, 3.05) is 20.2 Å². The summed E-state index contributed by atoms with van der Waals surface area (Å²) < 4.78 is 4.61. The quantitative estimate of drug-likeness (QED) is 0.514. The molecule has 0 aromatic heterocycles. The van der Waals surface area contributed by atoms with Crippen molar-refractivity contribution < 1.29 is 34.1 Å². The van der Waals surface area contributed by atoms with Gasteiger partial charge in [-0.2, -0.15) is 0 Å². The monoisotopic (exact) mass is 276 g/mol. The number of nitrogens with one attached hydrogen (secondary N) is 1. The molecular formula is C10H16N2O7. The number of aliphatic carboxylic acids is 2. The first-order chi connectivity index (χ1) is 8.77. The summed E-state index contributed by atoms with van der Waals surface area (Å²) in [5.41, 5.74) is 0. The summed E-state index contributed by atoms with van der Waals surface area (Å²) in [6.45, 7) is 1.40. The number of rotatable bonds is 7. The number of likely N-dealkylation sites (N-methyl/N-ethyl adjacent to an activating group) is 1. The molecular weight excluding hydrogens is 260 g/mol. The van der Waals surface area contributed by atoms with Gasteiger partial charge in [0.05, 0.1) is 13.0 Å². The van der Waals surface area contributed by atoms with Crippen molar-refractivity contribution in [3.8, 4) is 0 Å². The SMILES string of the molecule is CCOC(=O)CN(C)C(=O)N[C@H](CC(=O)O)C(=O)O. The van der Waals surface area contributed by atoms with Crippen molar-refractivity contribution in [3.63, 3.8) is 0 Å². The summed E-state index contributed by atoms with van der Waals surface area (Å²) in [6.07, 6.45) is -0.756. The first kappa shape index (κ1) is 16.7. The van der Waals surface area contributed by atoms with E-state index in [1.807, 2.05) is 5.32 Å². The van der Waals surface area contributed by atoms with Crippen LogP contribution in [0.15, 0.2) is 0 Å². The third-order valence-corrected chi connectivity index (χ3v) is 1.99. The van der Waals surface area contributed by atoms with Crippen molar-refractivity contribution in [3.05, 3.63) is 0 Å². The molecule has 3 N–H and O–H groups in total. The highest BCUT2D eigenvalue weighted by atomic mass is 16.5. The molecule has 0 radical (unpaired) electrons. The molecule has 0 saturated heterocycles. The summed E-state index contributed by atoms with van der Waals surface area (Å²) in [4.78, 5) is 44.7.